The second-order valence-corrected chi connectivity index (χ2v) is 11.1. The Labute approximate surface area is 169 Å². The van der Waals surface area contributed by atoms with Gasteiger partial charge in [0, 0.05) is 35.2 Å². The third-order valence-corrected chi connectivity index (χ3v) is 8.82. The fraction of sp³-hybridized carbons (Fsp3) is 0.421. The molecule has 1 N–H and O–H groups in total. The van der Waals surface area contributed by atoms with Gasteiger partial charge < -0.3 is 5.32 Å². The van der Waals surface area contributed by atoms with E-state index in [-0.39, 0.29) is 18.4 Å². The molecule has 1 aliphatic rings. The quantitative estimate of drug-likeness (QED) is 0.547. The van der Waals surface area contributed by atoms with E-state index in [2.05, 4.69) is 5.32 Å². The van der Waals surface area contributed by atoms with E-state index < -0.39 is 10.0 Å². The maximum Gasteiger partial charge on any atom is 0.252 e. The molecule has 3 rings (SSSR count). The van der Waals surface area contributed by atoms with E-state index in [1.54, 1.807) is 17.8 Å². The molecule has 1 saturated heterocycles. The minimum Gasteiger partial charge on any atom is -0.355 e. The van der Waals surface area contributed by atoms with Crippen LogP contribution in [-0.4, -0.2) is 44.0 Å². The number of thiophene rings is 1. The van der Waals surface area contributed by atoms with E-state index in [0.29, 0.717) is 23.7 Å². The van der Waals surface area contributed by atoms with Crippen LogP contribution in [0.2, 0.25) is 0 Å². The van der Waals surface area contributed by atoms with E-state index >= 15 is 0 Å². The monoisotopic (exact) mass is 424 g/mol. The number of aryl methyl sites for hydroxylation is 1. The first-order valence-electron chi connectivity index (χ1n) is 8.99. The normalized spacial score (nSPS) is 18.3. The van der Waals surface area contributed by atoms with Gasteiger partial charge in [0.05, 0.1) is 5.92 Å². The first-order valence-corrected chi connectivity index (χ1v) is 12.2. The molecule has 1 aromatic carbocycles. The molecule has 27 heavy (non-hydrogen) atoms. The van der Waals surface area contributed by atoms with Gasteiger partial charge in [-0.1, -0.05) is 18.2 Å². The van der Waals surface area contributed by atoms with Gasteiger partial charge in [0.15, 0.2) is 0 Å². The summed E-state index contributed by atoms with van der Waals surface area (Å²) in [7, 11) is -3.50. The molecule has 1 aliphatic heterocycles. The average Bonchev–Trinajstić information content (AvgIpc) is 3.13. The van der Waals surface area contributed by atoms with E-state index in [0.717, 1.165) is 17.1 Å². The smallest absolute Gasteiger partial charge is 0.252 e. The van der Waals surface area contributed by atoms with Gasteiger partial charge >= 0.3 is 0 Å². The number of rotatable bonds is 7. The molecule has 0 bridgehead atoms. The number of piperidine rings is 1. The second kappa shape index (κ2) is 9.23. The van der Waals surface area contributed by atoms with E-state index in [4.69, 9.17) is 0 Å². The number of nitrogens with zero attached hydrogens (tertiary/aromatic N) is 1. The number of amides is 1. The molecule has 1 aromatic heterocycles. The van der Waals surface area contributed by atoms with Crippen LogP contribution in [0.5, 0.6) is 0 Å². The van der Waals surface area contributed by atoms with Crippen LogP contribution in [0.4, 0.5) is 0 Å². The van der Waals surface area contributed by atoms with E-state index in [1.807, 2.05) is 43.3 Å². The van der Waals surface area contributed by atoms with E-state index in [9.17, 15) is 13.2 Å². The molecule has 0 unspecified atom stereocenters. The van der Waals surface area contributed by atoms with Crippen molar-refractivity contribution < 1.29 is 13.2 Å². The maximum atomic E-state index is 12.8. The molecule has 146 valence electrons. The molecule has 0 spiro atoms. The summed E-state index contributed by atoms with van der Waals surface area (Å²) in [5.74, 6) is 0.459. The van der Waals surface area contributed by atoms with Crippen LogP contribution in [-0.2, 0) is 14.8 Å². The van der Waals surface area contributed by atoms with Gasteiger partial charge in [0.1, 0.15) is 4.21 Å². The Morgan fingerprint density at radius 1 is 1.26 bits per heavy atom. The molecule has 2 heterocycles. The van der Waals surface area contributed by atoms with Gasteiger partial charge in [0.2, 0.25) is 5.91 Å². The van der Waals surface area contributed by atoms with Gasteiger partial charge in [0.25, 0.3) is 10.0 Å². The molecule has 1 atom stereocenters. The Morgan fingerprint density at radius 2 is 2.04 bits per heavy atom. The second-order valence-electron chi connectivity index (χ2n) is 6.52. The molecule has 5 nitrogen and oxygen atoms in total. The Hall–Kier alpha value is -1.35. The van der Waals surface area contributed by atoms with Crippen molar-refractivity contribution in [1.29, 1.82) is 0 Å². The van der Waals surface area contributed by atoms with Gasteiger partial charge in [-0.3, -0.25) is 4.79 Å². The first kappa shape index (κ1) is 20.4. The highest BCUT2D eigenvalue weighted by molar-refractivity contribution is 7.99. The molecule has 0 radical (unpaired) electrons. The lowest BCUT2D eigenvalue weighted by molar-refractivity contribution is -0.125. The molecule has 1 amide bonds. The van der Waals surface area contributed by atoms with Crippen LogP contribution < -0.4 is 5.32 Å². The van der Waals surface area contributed by atoms with Gasteiger partial charge in [-0.15, -0.1) is 23.1 Å². The fourth-order valence-corrected chi connectivity index (χ4v) is 6.81. The summed E-state index contributed by atoms with van der Waals surface area (Å²) < 4.78 is 27.4. The summed E-state index contributed by atoms with van der Waals surface area (Å²) in [6.07, 6.45) is 1.44. The van der Waals surface area contributed by atoms with Gasteiger partial charge in [-0.25, -0.2) is 8.42 Å². The third kappa shape index (κ3) is 5.34. The van der Waals surface area contributed by atoms with Crippen LogP contribution in [0.25, 0.3) is 0 Å². The highest BCUT2D eigenvalue weighted by Gasteiger charge is 2.33. The predicted octanol–water partition coefficient (Wildman–Crippen LogP) is 3.37. The lowest BCUT2D eigenvalue weighted by Crippen LogP contribution is -2.45. The largest absolute Gasteiger partial charge is 0.355 e. The number of carbonyl (C=O) groups excluding carboxylic acids is 1. The van der Waals surface area contributed by atoms with Crippen molar-refractivity contribution in [1.82, 2.24) is 9.62 Å². The lowest BCUT2D eigenvalue weighted by Gasteiger charge is -2.30. The number of nitrogens with one attached hydrogen (secondary N) is 1. The number of benzene rings is 1. The van der Waals surface area contributed by atoms with Crippen molar-refractivity contribution in [2.45, 2.75) is 28.9 Å². The zero-order chi connectivity index (χ0) is 19.3. The molecule has 1 fully saturated rings. The summed E-state index contributed by atoms with van der Waals surface area (Å²) in [6, 6.07) is 13.5. The molecule has 0 aliphatic carbocycles. The van der Waals surface area contributed by atoms with Gasteiger partial charge in [-0.05, 0) is 44.0 Å². The standard InChI is InChI=1S/C19H24N2O3S3/c1-15-9-10-18(26-15)27(23,24)21-12-5-6-16(14-21)19(22)20-11-13-25-17-7-3-2-4-8-17/h2-4,7-10,16H,5-6,11-14H2,1H3,(H,20,22)/t16-/m1/s1. The highest BCUT2D eigenvalue weighted by Crippen LogP contribution is 2.28. The summed E-state index contributed by atoms with van der Waals surface area (Å²) >= 11 is 2.97. The van der Waals surface area contributed by atoms with Crippen LogP contribution in [0.1, 0.15) is 17.7 Å². The third-order valence-electron chi connectivity index (χ3n) is 4.48. The molecule has 2 aromatic rings. The summed E-state index contributed by atoms with van der Waals surface area (Å²) in [5, 5.41) is 2.96. The maximum absolute atomic E-state index is 12.8. The Bertz CT molecular complexity index is 865. The number of sulfonamides is 1. The Kier molecular flexibility index (Phi) is 6.97. The van der Waals surface area contributed by atoms with Crippen LogP contribution in [0, 0.1) is 12.8 Å². The molecular weight excluding hydrogens is 400 g/mol. The molecule has 0 saturated carbocycles. The highest BCUT2D eigenvalue weighted by atomic mass is 32.2. The summed E-state index contributed by atoms with van der Waals surface area (Å²) in [5.41, 5.74) is 0. The van der Waals surface area contributed by atoms with Crippen molar-refractivity contribution in [3.63, 3.8) is 0 Å². The average molecular weight is 425 g/mol. The Balaban J connectivity index is 1.50. The summed E-state index contributed by atoms with van der Waals surface area (Å²) in [6.45, 7) is 3.21. The van der Waals surface area contributed by atoms with Crippen molar-refractivity contribution >= 4 is 39.0 Å². The van der Waals surface area contributed by atoms with E-state index in [1.165, 1.54) is 20.5 Å². The minimum absolute atomic E-state index is 0.0501. The summed E-state index contributed by atoms with van der Waals surface area (Å²) in [4.78, 5) is 14.6. The van der Waals surface area contributed by atoms with Crippen molar-refractivity contribution in [2.24, 2.45) is 5.92 Å². The molecule has 8 heteroatoms. The van der Waals surface area contributed by atoms with Gasteiger partial charge in [-0.2, -0.15) is 4.31 Å². The van der Waals surface area contributed by atoms with Crippen LogP contribution >= 0.6 is 23.1 Å². The van der Waals surface area contributed by atoms with Crippen LogP contribution in [0.15, 0.2) is 51.6 Å². The Morgan fingerprint density at radius 3 is 2.74 bits per heavy atom. The number of hydrogen-bond acceptors (Lipinski definition) is 5. The van der Waals surface area contributed by atoms with Crippen molar-refractivity contribution in [3.8, 4) is 0 Å². The lowest BCUT2D eigenvalue weighted by atomic mass is 9.99. The number of carbonyl (C=O) groups is 1. The predicted molar refractivity (Wildman–Crippen MR) is 111 cm³/mol. The topological polar surface area (TPSA) is 66.5 Å². The van der Waals surface area contributed by atoms with Crippen LogP contribution in [0.3, 0.4) is 0 Å². The molecular formula is C19H24N2O3S3. The minimum atomic E-state index is -3.50. The first-order chi connectivity index (χ1) is 13.0. The zero-order valence-electron chi connectivity index (χ0n) is 15.3. The number of hydrogen-bond donors (Lipinski definition) is 1. The van der Waals surface area contributed by atoms with Crippen molar-refractivity contribution in [3.05, 3.63) is 47.3 Å². The number of thioether (sulfide) groups is 1. The SMILES string of the molecule is Cc1ccc(S(=O)(=O)N2CCC[C@@H](C(=O)NCCSc3ccccc3)C2)s1. The fourth-order valence-electron chi connectivity index (χ4n) is 3.06. The van der Waals surface area contributed by atoms with Crippen molar-refractivity contribution in [2.75, 3.05) is 25.4 Å². The zero-order valence-corrected chi connectivity index (χ0v) is 17.7.